The second kappa shape index (κ2) is 7.97. The summed E-state index contributed by atoms with van der Waals surface area (Å²) >= 11 is 1.76. The van der Waals surface area contributed by atoms with E-state index in [1.54, 1.807) is 27.1 Å². The number of quaternary nitrogens is 1. The molecule has 8 nitrogen and oxygen atoms in total. The fourth-order valence-electron chi connectivity index (χ4n) is 4.37. The number of nitrogens with one attached hydrogen (secondary N) is 2. The molecule has 29 heavy (non-hydrogen) atoms. The normalized spacial score (nSPS) is 20.2. The monoisotopic (exact) mass is 415 g/mol. The summed E-state index contributed by atoms with van der Waals surface area (Å²) in [5.41, 5.74) is 2.11. The molecule has 1 aliphatic carbocycles. The number of morpholine rings is 1. The molecule has 4 heterocycles. The van der Waals surface area contributed by atoms with Gasteiger partial charge in [0, 0.05) is 17.8 Å². The van der Waals surface area contributed by atoms with Crippen LogP contribution in [0.25, 0.3) is 15.9 Å². The van der Waals surface area contributed by atoms with Crippen molar-refractivity contribution >= 4 is 33.1 Å². The highest BCUT2D eigenvalue weighted by Crippen LogP contribution is 2.38. The Balaban J connectivity index is 1.31. The van der Waals surface area contributed by atoms with E-state index in [2.05, 4.69) is 27.3 Å². The molecule has 5 rings (SSSR count). The van der Waals surface area contributed by atoms with Crippen LogP contribution in [-0.2, 0) is 17.6 Å². The molecule has 2 N–H and O–H groups in total. The lowest BCUT2D eigenvalue weighted by atomic mass is 9.89. The molecule has 1 saturated heterocycles. The van der Waals surface area contributed by atoms with Gasteiger partial charge in [-0.05, 0) is 30.7 Å². The molecule has 0 spiro atoms. The van der Waals surface area contributed by atoms with E-state index in [0.717, 1.165) is 68.0 Å². The van der Waals surface area contributed by atoms with E-state index in [4.69, 9.17) is 4.74 Å². The molecule has 0 aromatic carbocycles. The minimum atomic E-state index is -0.212. The highest BCUT2D eigenvalue weighted by Gasteiger charge is 2.24. The van der Waals surface area contributed by atoms with Crippen molar-refractivity contribution in [3.8, 4) is 0 Å². The number of hydrogen-bond donors (Lipinski definition) is 2. The van der Waals surface area contributed by atoms with E-state index in [1.165, 1.54) is 16.9 Å². The zero-order chi connectivity index (χ0) is 19.8. The van der Waals surface area contributed by atoms with Gasteiger partial charge in [-0.3, -0.25) is 4.79 Å². The second-order valence-electron chi connectivity index (χ2n) is 8.20. The number of hydrogen-bond acceptors (Lipinski definition) is 6. The molecule has 1 amide bonds. The van der Waals surface area contributed by atoms with Crippen LogP contribution < -0.4 is 10.2 Å². The minimum absolute atomic E-state index is 0.212. The topological polar surface area (TPSA) is 85.9 Å². The molecule has 3 aromatic rings. The Morgan fingerprint density at radius 1 is 1.41 bits per heavy atom. The first-order valence-corrected chi connectivity index (χ1v) is 11.4. The molecular formula is C20H27N6O2S+. The van der Waals surface area contributed by atoms with E-state index in [9.17, 15) is 4.79 Å². The predicted octanol–water partition coefficient (Wildman–Crippen LogP) is 0.499. The Bertz CT molecular complexity index is 1040. The average molecular weight is 416 g/mol. The quantitative estimate of drug-likeness (QED) is 0.593. The Morgan fingerprint density at radius 3 is 3.14 bits per heavy atom. The van der Waals surface area contributed by atoms with Crippen LogP contribution in [0.1, 0.15) is 40.8 Å². The van der Waals surface area contributed by atoms with Gasteiger partial charge < -0.3 is 15.0 Å². The van der Waals surface area contributed by atoms with E-state index in [1.807, 2.05) is 0 Å². The van der Waals surface area contributed by atoms with Gasteiger partial charge in [0.15, 0.2) is 5.65 Å². The maximum absolute atomic E-state index is 12.6. The average Bonchev–Trinajstić information content (AvgIpc) is 3.32. The minimum Gasteiger partial charge on any atom is -0.370 e. The molecular weight excluding hydrogens is 388 g/mol. The molecule has 1 atom stereocenters. The van der Waals surface area contributed by atoms with E-state index < -0.39 is 0 Å². The Morgan fingerprint density at radius 2 is 2.28 bits per heavy atom. The highest BCUT2D eigenvalue weighted by atomic mass is 32.1. The molecule has 1 aliphatic heterocycles. The number of thiophene rings is 1. The van der Waals surface area contributed by atoms with Crippen molar-refractivity contribution in [2.75, 3.05) is 39.4 Å². The lowest BCUT2D eigenvalue weighted by Crippen LogP contribution is -3.14. The van der Waals surface area contributed by atoms with Crippen LogP contribution in [0.2, 0.25) is 0 Å². The van der Waals surface area contributed by atoms with Gasteiger partial charge in [-0.25, -0.2) is 14.5 Å². The van der Waals surface area contributed by atoms with Crippen molar-refractivity contribution in [1.82, 2.24) is 24.9 Å². The lowest BCUT2D eigenvalue weighted by Gasteiger charge is -2.23. The van der Waals surface area contributed by atoms with Gasteiger partial charge in [-0.1, -0.05) is 6.92 Å². The molecule has 0 radical (unpaired) electrons. The molecule has 0 bridgehead atoms. The van der Waals surface area contributed by atoms with Gasteiger partial charge >= 0.3 is 0 Å². The number of rotatable bonds is 5. The number of amides is 1. The van der Waals surface area contributed by atoms with Crippen molar-refractivity contribution in [1.29, 1.82) is 0 Å². The maximum Gasteiger partial charge on any atom is 0.290 e. The molecule has 2 aliphatic rings. The van der Waals surface area contributed by atoms with Gasteiger partial charge in [0.2, 0.25) is 5.82 Å². The number of aromatic nitrogens is 4. The van der Waals surface area contributed by atoms with E-state index in [-0.39, 0.29) is 11.7 Å². The van der Waals surface area contributed by atoms with Gasteiger partial charge in [0.05, 0.1) is 25.1 Å². The van der Waals surface area contributed by atoms with Gasteiger partial charge in [-0.15, -0.1) is 16.4 Å². The van der Waals surface area contributed by atoms with Crippen LogP contribution >= 0.6 is 11.3 Å². The first kappa shape index (κ1) is 18.9. The van der Waals surface area contributed by atoms with Gasteiger partial charge in [-0.2, -0.15) is 0 Å². The number of aryl methyl sites for hydroxylation is 1. The fraction of sp³-hybridized carbons (Fsp3) is 0.600. The molecule has 9 heteroatoms. The lowest BCUT2D eigenvalue weighted by molar-refractivity contribution is -0.908. The van der Waals surface area contributed by atoms with Crippen molar-refractivity contribution < 1.29 is 14.4 Å². The third-order valence-corrected chi connectivity index (χ3v) is 7.22. The smallest absolute Gasteiger partial charge is 0.290 e. The summed E-state index contributed by atoms with van der Waals surface area (Å²) in [6.07, 6.45) is 6.00. The van der Waals surface area contributed by atoms with Crippen LogP contribution in [0.5, 0.6) is 0 Å². The van der Waals surface area contributed by atoms with Crippen LogP contribution in [0.3, 0.4) is 0 Å². The summed E-state index contributed by atoms with van der Waals surface area (Å²) in [7, 11) is 0. The molecule has 3 aromatic heterocycles. The number of ether oxygens (including phenoxy) is 1. The predicted molar refractivity (Wildman–Crippen MR) is 111 cm³/mol. The van der Waals surface area contributed by atoms with Crippen molar-refractivity contribution in [2.45, 2.75) is 32.6 Å². The first-order valence-electron chi connectivity index (χ1n) is 10.5. The Hall–Kier alpha value is -2.10. The number of fused-ring (bicyclic) bond motifs is 5. The summed E-state index contributed by atoms with van der Waals surface area (Å²) in [5, 5.41) is 8.45. The molecule has 1 fully saturated rings. The molecule has 0 saturated carbocycles. The first-order chi connectivity index (χ1) is 14.2. The number of carbonyl (C=O) groups is 1. The summed E-state index contributed by atoms with van der Waals surface area (Å²) in [5.74, 6) is 0.679. The number of carbonyl (C=O) groups excluding carboxylic acids is 1. The third-order valence-electron chi connectivity index (χ3n) is 6.02. The number of nitrogens with zero attached hydrogens (tertiary/aromatic N) is 4. The molecule has 154 valence electrons. The maximum atomic E-state index is 12.6. The fourth-order valence-corrected chi connectivity index (χ4v) is 5.55. The summed E-state index contributed by atoms with van der Waals surface area (Å²) in [4.78, 5) is 25.7. The molecule has 0 unspecified atom stereocenters. The summed E-state index contributed by atoms with van der Waals surface area (Å²) in [6.45, 7) is 7.75. The van der Waals surface area contributed by atoms with Crippen molar-refractivity contribution in [3.63, 3.8) is 0 Å². The van der Waals surface area contributed by atoms with Crippen LogP contribution in [-0.4, -0.2) is 64.9 Å². The summed E-state index contributed by atoms with van der Waals surface area (Å²) < 4.78 is 7.04. The van der Waals surface area contributed by atoms with Crippen molar-refractivity contribution in [2.24, 2.45) is 5.92 Å². The van der Waals surface area contributed by atoms with Gasteiger partial charge in [0.25, 0.3) is 5.91 Å². The van der Waals surface area contributed by atoms with Crippen molar-refractivity contribution in [3.05, 3.63) is 22.6 Å². The standard InChI is InChI=1S/C20H26N6O2S/c1-13-3-4-15-14(11-13)16-18-23-17(24-26(18)12-22-20(16)29-15)19(27)21-5-2-6-25-7-9-28-10-8-25/h12-13H,2-11H2,1H3,(H,21,27)/p+1/t13-/m1/s1. The van der Waals surface area contributed by atoms with E-state index >= 15 is 0 Å². The van der Waals surface area contributed by atoms with Gasteiger partial charge in [0.1, 0.15) is 24.2 Å². The summed E-state index contributed by atoms with van der Waals surface area (Å²) in [6, 6.07) is 0. The Kier molecular flexibility index (Phi) is 5.19. The van der Waals surface area contributed by atoms with Crippen LogP contribution in [0, 0.1) is 5.92 Å². The largest absolute Gasteiger partial charge is 0.370 e. The zero-order valence-electron chi connectivity index (χ0n) is 16.7. The van der Waals surface area contributed by atoms with E-state index in [0.29, 0.717) is 12.5 Å². The zero-order valence-corrected chi connectivity index (χ0v) is 17.6. The van der Waals surface area contributed by atoms with Crippen LogP contribution in [0.15, 0.2) is 6.33 Å². The SMILES string of the molecule is C[C@@H]1CCc2sc3ncn4nc(C(=O)NCCC[NH+]5CCOCC5)nc4c3c2C1. The third kappa shape index (κ3) is 3.74. The second-order valence-corrected chi connectivity index (χ2v) is 9.29. The van der Waals surface area contributed by atoms with Crippen LogP contribution in [0.4, 0.5) is 0 Å². The highest BCUT2D eigenvalue weighted by molar-refractivity contribution is 7.19. The Labute approximate surface area is 173 Å².